The number of hydrogen-bond acceptors (Lipinski definition) is 4. The van der Waals surface area contributed by atoms with Gasteiger partial charge in [0, 0.05) is 12.3 Å². The highest BCUT2D eigenvalue weighted by molar-refractivity contribution is 6.19. The lowest BCUT2D eigenvalue weighted by Gasteiger charge is -1.93. The van der Waals surface area contributed by atoms with E-state index in [1.54, 1.807) is 0 Å². The van der Waals surface area contributed by atoms with Crippen LogP contribution in [0.2, 0.25) is 0 Å². The first kappa shape index (κ1) is 10.8. The van der Waals surface area contributed by atoms with Gasteiger partial charge < -0.3 is 9.15 Å². The Morgan fingerprint density at radius 1 is 1.43 bits per heavy atom. The standard InChI is InChI=1S/C9H9ClO4/c1-13-9(12)8-3-2-7(14-8)6(11)4-5-10/h2-3H,4-5H2,1H3. The lowest BCUT2D eigenvalue weighted by molar-refractivity contribution is 0.0563. The number of hydrogen-bond donors (Lipinski definition) is 0. The number of halogens is 1. The Morgan fingerprint density at radius 2 is 2.07 bits per heavy atom. The quantitative estimate of drug-likeness (QED) is 0.438. The summed E-state index contributed by atoms with van der Waals surface area (Å²) in [6.07, 6.45) is 0.190. The van der Waals surface area contributed by atoms with E-state index in [1.807, 2.05) is 0 Å². The number of carbonyl (C=O) groups is 2. The highest BCUT2D eigenvalue weighted by Crippen LogP contribution is 2.11. The van der Waals surface area contributed by atoms with Crippen molar-refractivity contribution in [1.29, 1.82) is 0 Å². The van der Waals surface area contributed by atoms with Crippen molar-refractivity contribution in [1.82, 2.24) is 0 Å². The van der Waals surface area contributed by atoms with E-state index in [-0.39, 0.29) is 29.6 Å². The maximum Gasteiger partial charge on any atom is 0.373 e. The van der Waals surface area contributed by atoms with Crippen molar-refractivity contribution in [2.24, 2.45) is 0 Å². The van der Waals surface area contributed by atoms with Crippen molar-refractivity contribution in [2.45, 2.75) is 6.42 Å². The number of ketones is 1. The Balaban J connectivity index is 2.77. The second-order valence-electron chi connectivity index (χ2n) is 2.52. The van der Waals surface area contributed by atoms with Crippen LogP contribution in [0.15, 0.2) is 16.5 Å². The molecule has 1 rings (SSSR count). The van der Waals surface area contributed by atoms with Crippen molar-refractivity contribution in [2.75, 3.05) is 13.0 Å². The van der Waals surface area contributed by atoms with E-state index >= 15 is 0 Å². The van der Waals surface area contributed by atoms with E-state index < -0.39 is 5.97 Å². The Morgan fingerprint density at radius 3 is 2.64 bits per heavy atom. The largest absolute Gasteiger partial charge is 0.463 e. The summed E-state index contributed by atoms with van der Waals surface area (Å²) in [5, 5.41) is 0. The van der Waals surface area contributed by atoms with E-state index in [1.165, 1.54) is 19.2 Å². The zero-order valence-corrected chi connectivity index (χ0v) is 8.34. The maximum absolute atomic E-state index is 11.2. The first-order chi connectivity index (χ1) is 6.69. The topological polar surface area (TPSA) is 56.5 Å². The molecule has 5 heteroatoms. The minimum atomic E-state index is -0.602. The molecule has 0 saturated carbocycles. The van der Waals surface area contributed by atoms with E-state index in [0.29, 0.717) is 0 Å². The fourth-order valence-electron chi connectivity index (χ4n) is 0.907. The SMILES string of the molecule is COC(=O)c1ccc(C(=O)CCCl)o1. The van der Waals surface area contributed by atoms with E-state index in [4.69, 9.17) is 16.0 Å². The third-order valence-corrected chi connectivity index (χ3v) is 1.78. The molecule has 4 nitrogen and oxygen atoms in total. The lowest BCUT2D eigenvalue weighted by Crippen LogP contribution is -2.00. The van der Waals surface area contributed by atoms with Crippen LogP contribution in [0.1, 0.15) is 27.5 Å². The minimum Gasteiger partial charge on any atom is -0.463 e. The third kappa shape index (κ3) is 2.35. The van der Waals surface area contributed by atoms with Gasteiger partial charge in [-0.05, 0) is 12.1 Å². The Labute approximate surface area is 85.8 Å². The number of Topliss-reactive ketones (excluding diaryl/α,β-unsaturated/α-hetero) is 1. The van der Waals surface area contributed by atoms with Gasteiger partial charge in [0.2, 0.25) is 5.76 Å². The minimum absolute atomic E-state index is 0.0189. The number of ether oxygens (including phenoxy) is 1. The van der Waals surface area contributed by atoms with Gasteiger partial charge in [0.25, 0.3) is 0 Å². The highest BCUT2D eigenvalue weighted by Gasteiger charge is 2.15. The van der Waals surface area contributed by atoms with Crippen LogP contribution >= 0.6 is 11.6 Å². The molecule has 0 aromatic carbocycles. The number of carbonyl (C=O) groups excluding carboxylic acids is 2. The van der Waals surface area contributed by atoms with Gasteiger partial charge in [0.15, 0.2) is 11.5 Å². The van der Waals surface area contributed by atoms with Crippen LogP contribution < -0.4 is 0 Å². The van der Waals surface area contributed by atoms with Crippen LogP contribution in [0.3, 0.4) is 0 Å². The van der Waals surface area contributed by atoms with Crippen molar-refractivity contribution in [3.05, 3.63) is 23.7 Å². The normalized spacial score (nSPS) is 9.86. The molecule has 0 aliphatic heterocycles. The molecule has 0 unspecified atom stereocenters. The summed E-state index contributed by atoms with van der Waals surface area (Å²) in [6, 6.07) is 2.83. The van der Waals surface area contributed by atoms with Crippen LogP contribution in [0, 0.1) is 0 Å². The first-order valence-corrected chi connectivity index (χ1v) is 4.49. The smallest absolute Gasteiger partial charge is 0.373 e. The maximum atomic E-state index is 11.2. The molecule has 14 heavy (non-hydrogen) atoms. The van der Waals surface area contributed by atoms with Crippen molar-refractivity contribution >= 4 is 23.4 Å². The predicted octanol–water partition coefficient (Wildman–Crippen LogP) is 1.88. The van der Waals surface area contributed by atoms with E-state index in [9.17, 15) is 9.59 Å². The summed E-state index contributed by atoms with van der Waals surface area (Å²) in [7, 11) is 1.24. The van der Waals surface area contributed by atoms with Gasteiger partial charge in [-0.15, -0.1) is 11.6 Å². The molecule has 0 bridgehead atoms. The number of esters is 1. The average Bonchev–Trinajstić information content (AvgIpc) is 2.66. The number of rotatable bonds is 4. The highest BCUT2D eigenvalue weighted by atomic mass is 35.5. The van der Waals surface area contributed by atoms with E-state index in [0.717, 1.165) is 0 Å². The molecule has 76 valence electrons. The van der Waals surface area contributed by atoms with Gasteiger partial charge in [0.05, 0.1) is 7.11 Å². The number of furan rings is 1. The molecule has 1 aromatic heterocycles. The average molecular weight is 217 g/mol. The van der Waals surface area contributed by atoms with Gasteiger partial charge in [-0.25, -0.2) is 4.79 Å². The van der Waals surface area contributed by atoms with Gasteiger partial charge >= 0.3 is 5.97 Å². The van der Waals surface area contributed by atoms with Crippen LogP contribution in [0.25, 0.3) is 0 Å². The second-order valence-corrected chi connectivity index (χ2v) is 2.90. The molecule has 1 heterocycles. The third-order valence-electron chi connectivity index (χ3n) is 1.59. The summed E-state index contributed by atoms with van der Waals surface area (Å²) in [5.74, 6) is -0.450. The van der Waals surface area contributed by atoms with Gasteiger partial charge in [0.1, 0.15) is 0 Å². The van der Waals surface area contributed by atoms with Gasteiger partial charge in [-0.1, -0.05) is 0 Å². The second kappa shape index (κ2) is 4.81. The molecular formula is C9H9ClO4. The van der Waals surface area contributed by atoms with Crippen LogP contribution in [0.4, 0.5) is 0 Å². The number of alkyl halides is 1. The van der Waals surface area contributed by atoms with Crippen molar-refractivity contribution < 1.29 is 18.7 Å². The molecule has 1 aromatic rings. The monoisotopic (exact) mass is 216 g/mol. The Kier molecular flexibility index (Phi) is 3.71. The van der Waals surface area contributed by atoms with Gasteiger partial charge in [-0.2, -0.15) is 0 Å². The van der Waals surface area contributed by atoms with Crippen LogP contribution in [-0.4, -0.2) is 24.7 Å². The fraction of sp³-hybridized carbons (Fsp3) is 0.333. The zero-order chi connectivity index (χ0) is 10.6. The van der Waals surface area contributed by atoms with Crippen molar-refractivity contribution in [3.63, 3.8) is 0 Å². The molecule has 0 spiro atoms. The summed E-state index contributed by atoms with van der Waals surface area (Å²) in [4.78, 5) is 22.2. The first-order valence-electron chi connectivity index (χ1n) is 3.96. The Hall–Kier alpha value is -1.29. The zero-order valence-electron chi connectivity index (χ0n) is 7.58. The molecule has 0 radical (unpaired) electrons. The van der Waals surface area contributed by atoms with Gasteiger partial charge in [-0.3, -0.25) is 4.79 Å². The molecule has 0 aliphatic carbocycles. The summed E-state index contributed by atoms with van der Waals surface area (Å²) >= 11 is 5.39. The summed E-state index contributed by atoms with van der Waals surface area (Å²) < 4.78 is 9.39. The van der Waals surface area contributed by atoms with E-state index in [2.05, 4.69) is 4.74 Å². The fourth-order valence-corrected chi connectivity index (χ4v) is 1.08. The number of methoxy groups -OCH3 is 1. The summed E-state index contributed by atoms with van der Waals surface area (Å²) in [5.41, 5.74) is 0. The molecule has 0 atom stereocenters. The molecule has 0 fully saturated rings. The van der Waals surface area contributed by atoms with Crippen LogP contribution in [0.5, 0.6) is 0 Å². The molecule has 0 amide bonds. The molecule has 0 N–H and O–H groups in total. The molecule has 0 aliphatic rings. The molecule has 0 saturated heterocycles. The van der Waals surface area contributed by atoms with Crippen molar-refractivity contribution in [3.8, 4) is 0 Å². The molecular weight excluding hydrogens is 208 g/mol. The van der Waals surface area contributed by atoms with Crippen LogP contribution in [-0.2, 0) is 4.74 Å². The summed E-state index contributed by atoms with van der Waals surface area (Å²) in [6.45, 7) is 0. The lowest BCUT2D eigenvalue weighted by atomic mass is 10.2. The Bertz CT molecular complexity index is 342. The predicted molar refractivity (Wildman–Crippen MR) is 49.7 cm³/mol.